The van der Waals surface area contributed by atoms with E-state index in [0.717, 1.165) is 12.0 Å². The lowest BCUT2D eigenvalue weighted by Crippen LogP contribution is -2.05. The molecule has 0 radical (unpaired) electrons. The van der Waals surface area contributed by atoms with Crippen molar-refractivity contribution in [3.63, 3.8) is 0 Å². The van der Waals surface area contributed by atoms with E-state index in [-0.39, 0.29) is 0 Å². The van der Waals surface area contributed by atoms with Crippen LogP contribution in [-0.2, 0) is 6.42 Å². The van der Waals surface area contributed by atoms with Gasteiger partial charge in [-0.25, -0.2) is 4.98 Å². The van der Waals surface area contributed by atoms with Crippen molar-refractivity contribution < 1.29 is 0 Å². The molecule has 0 atom stereocenters. The number of anilines is 2. The number of hydrogen-bond acceptors (Lipinski definition) is 4. The Kier molecular flexibility index (Phi) is 2.28. The Morgan fingerprint density at radius 3 is 2.18 bits per heavy atom. The summed E-state index contributed by atoms with van der Waals surface area (Å²) in [4.78, 5) is 3.83. The van der Waals surface area contributed by atoms with Crippen LogP contribution in [0.1, 0.15) is 5.56 Å². The quantitative estimate of drug-likeness (QED) is 0.545. The van der Waals surface area contributed by atoms with Gasteiger partial charge in [-0.05, 0) is 30.7 Å². The van der Waals surface area contributed by atoms with E-state index in [2.05, 4.69) is 4.98 Å². The summed E-state index contributed by atoms with van der Waals surface area (Å²) >= 11 is 0. The average Bonchev–Trinajstić information content (AvgIpc) is 1.85. The first-order valence-corrected chi connectivity index (χ1v) is 3.44. The van der Waals surface area contributed by atoms with Gasteiger partial charge in [0.2, 0.25) is 0 Å². The molecule has 0 bridgehead atoms. The third-order valence-corrected chi connectivity index (χ3v) is 1.36. The Labute approximate surface area is 65.4 Å². The predicted octanol–water partition coefficient (Wildman–Crippen LogP) is -0.253. The number of rotatable bonds is 2. The zero-order chi connectivity index (χ0) is 8.27. The second-order valence-electron chi connectivity index (χ2n) is 2.36. The van der Waals surface area contributed by atoms with Crippen LogP contribution in [0.15, 0.2) is 12.1 Å². The summed E-state index contributed by atoms with van der Waals surface area (Å²) in [6.07, 6.45) is 0.789. The van der Waals surface area contributed by atoms with Gasteiger partial charge in [-0.1, -0.05) is 0 Å². The molecule has 0 aliphatic rings. The molecule has 0 aliphatic heterocycles. The fourth-order valence-corrected chi connectivity index (χ4v) is 0.946. The van der Waals surface area contributed by atoms with Gasteiger partial charge in [-0.2, -0.15) is 0 Å². The van der Waals surface area contributed by atoms with E-state index in [4.69, 9.17) is 17.2 Å². The van der Waals surface area contributed by atoms with E-state index in [1.165, 1.54) is 0 Å². The van der Waals surface area contributed by atoms with Crippen molar-refractivity contribution in [1.29, 1.82) is 0 Å². The molecule has 0 fully saturated rings. The first kappa shape index (κ1) is 7.81. The van der Waals surface area contributed by atoms with Crippen LogP contribution >= 0.6 is 0 Å². The van der Waals surface area contributed by atoms with Crippen LogP contribution in [0.4, 0.5) is 11.6 Å². The summed E-state index contributed by atoms with van der Waals surface area (Å²) in [5.74, 6) is 0.905. The molecule has 6 N–H and O–H groups in total. The summed E-state index contributed by atoms with van der Waals surface area (Å²) < 4.78 is 0. The topological polar surface area (TPSA) is 91.0 Å². The lowest BCUT2D eigenvalue weighted by Gasteiger charge is -2.00. The molecule has 0 aromatic carbocycles. The SMILES string of the molecule is NCCc1cc(N)nc(N)c1. The number of nitrogen functional groups attached to an aromatic ring is 2. The van der Waals surface area contributed by atoms with Gasteiger partial charge in [0.05, 0.1) is 0 Å². The highest BCUT2D eigenvalue weighted by Crippen LogP contribution is 2.08. The predicted molar refractivity (Wildman–Crippen MR) is 45.8 cm³/mol. The van der Waals surface area contributed by atoms with Crippen molar-refractivity contribution >= 4 is 11.6 Å². The highest BCUT2D eigenvalue weighted by Gasteiger charge is 1.95. The van der Waals surface area contributed by atoms with E-state index < -0.39 is 0 Å². The monoisotopic (exact) mass is 152 g/mol. The fraction of sp³-hybridized carbons (Fsp3) is 0.286. The number of nitrogens with two attached hydrogens (primary N) is 3. The molecular formula is C7H12N4. The molecule has 0 spiro atoms. The molecular weight excluding hydrogens is 140 g/mol. The second-order valence-corrected chi connectivity index (χ2v) is 2.36. The average molecular weight is 152 g/mol. The van der Waals surface area contributed by atoms with Crippen LogP contribution in [0.3, 0.4) is 0 Å². The number of aromatic nitrogens is 1. The van der Waals surface area contributed by atoms with Gasteiger partial charge in [0.25, 0.3) is 0 Å². The normalized spacial score (nSPS) is 9.91. The number of hydrogen-bond donors (Lipinski definition) is 3. The molecule has 0 unspecified atom stereocenters. The third kappa shape index (κ3) is 2.09. The molecule has 1 heterocycles. The maximum absolute atomic E-state index is 5.46. The van der Waals surface area contributed by atoms with Gasteiger partial charge >= 0.3 is 0 Å². The smallest absolute Gasteiger partial charge is 0.126 e. The van der Waals surface area contributed by atoms with E-state index in [9.17, 15) is 0 Å². The van der Waals surface area contributed by atoms with Crippen molar-refractivity contribution in [2.24, 2.45) is 5.73 Å². The van der Waals surface area contributed by atoms with Crippen molar-refractivity contribution in [2.45, 2.75) is 6.42 Å². The standard InChI is InChI=1S/C7H12N4/c8-2-1-5-3-6(9)11-7(10)4-5/h3-4H,1-2,8H2,(H4,9,10,11). The minimum absolute atomic E-state index is 0.452. The van der Waals surface area contributed by atoms with Gasteiger partial charge < -0.3 is 17.2 Å². The largest absolute Gasteiger partial charge is 0.384 e. The molecule has 4 nitrogen and oxygen atoms in total. The van der Waals surface area contributed by atoms with Crippen molar-refractivity contribution in [3.05, 3.63) is 17.7 Å². The van der Waals surface area contributed by atoms with Gasteiger partial charge in [0.1, 0.15) is 11.6 Å². The van der Waals surface area contributed by atoms with Crippen LogP contribution in [0.2, 0.25) is 0 Å². The van der Waals surface area contributed by atoms with Crippen LogP contribution < -0.4 is 17.2 Å². The van der Waals surface area contributed by atoms with Crippen molar-refractivity contribution in [1.82, 2.24) is 4.98 Å². The summed E-state index contributed by atoms with van der Waals surface area (Å²) in [6.45, 7) is 0.600. The molecule has 4 heteroatoms. The number of nitrogens with zero attached hydrogens (tertiary/aromatic N) is 1. The van der Waals surface area contributed by atoms with Gasteiger partial charge in [-0.15, -0.1) is 0 Å². The lowest BCUT2D eigenvalue weighted by molar-refractivity contribution is 0.966. The van der Waals surface area contributed by atoms with E-state index in [1.54, 1.807) is 12.1 Å². The lowest BCUT2D eigenvalue weighted by atomic mass is 10.2. The first-order valence-electron chi connectivity index (χ1n) is 3.44. The molecule has 60 valence electrons. The van der Waals surface area contributed by atoms with Gasteiger partial charge in [0, 0.05) is 0 Å². The van der Waals surface area contributed by atoms with Gasteiger partial charge in [0.15, 0.2) is 0 Å². The van der Waals surface area contributed by atoms with E-state index in [0.29, 0.717) is 18.2 Å². The zero-order valence-corrected chi connectivity index (χ0v) is 6.25. The fourth-order valence-electron chi connectivity index (χ4n) is 0.946. The molecule has 0 saturated carbocycles. The third-order valence-electron chi connectivity index (χ3n) is 1.36. The second kappa shape index (κ2) is 3.21. The van der Waals surface area contributed by atoms with Crippen LogP contribution in [-0.4, -0.2) is 11.5 Å². The molecule has 0 amide bonds. The minimum Gasteiger partial charge on any atom is -0.384 e. The maximum atomic E-state index is 5.46. The van der Waals surface area contributed by atoms with Crippen LogP contribution in [0.5, 0.6) is 0 Å². The van der Waals surface area contributed by atoms with E-state index in [1.807, 2.05) is 0 Å². The Morgan fingerprint density at radius 1 is 1.18 bits per heavy atom. The zero-order valence-electron chi connectivity index (χ0n) is 6.25. The molecule has 1 aromatic rings. The molecule has 1 rings (SSSR count). The van der Waals surface area contributed by atoms with Gasteiger partial charge in [-0.3, -0.25) is 0 Å². The Hall–Kier alpha value is -1.29. The Morgan fingerprint density at radius 2 is 1.73 bits per heavy atom. The van der Waals surface area contributed by atoms with Crippen LogP contribution in [0.25, 0.3) is 0 Å². The minimum atomic E-state index is 0.452. The Bertz CT molecular complexity index is 226. The first-order chi connectivity index (χ1) is 5.22. The molecule has 1 aromatic heterocycles. The highest BCUT2D eigenvalue weighted by atomic mass is 14.9. The molecule has 11 heavy (non-hydrogen) atoms. The summed E-state index contributed by atoms with van der Waals surface area (Å²) in [5, 5.41) is 0. The van der Waals surface area contributed by atoms with Crippen molar-refractivity contribution in [3.8, 4) is 0 Å². The van der Waals surface area contributed by atoms with Crippen LogP contribution in [0, 0.1) is 0 Å². The number of pyridine rings is 1. The molecule has 0 aliphatic carbocycles. The molecule has 0 saturated heterocycles. The summed E-state index contributed by atoms with van der Waals surface area (Å²) in [5.41, 5.74) is 17.3. The summed E-state index contributed by atoms with van der Waals surface area (Å²) in [6, 6.07) is 3.56. The van der Waals surface area contributed by atoms with Crippen molar-refractivity contribution in [2.75, 3.05) is 18.0 Å². The Balaban J connectivity index is 2.89. The maximum Gasteiger partial charge on any atom is 0.126 e. The highest BCUT2D eigenvalue weighted by molar-refractivity contribution is 5.43. The summed E-state index contributed by atoms with van der Waals surface area (Å²) in [7, 11) is 0. The van der Waals surface area contributed by atoms with E-state index >= 15 is 0 Å².